The van der Waals surface area contributed by atoms with Gasteiger partial charge in [0.25, 0.3) is 0 Å². The zero-order valence-electron chi connectivity index (χ0n) is 7.72. The van der Waals surface area contributed by atoms with E-state index < -0.39 is 34.4 Å². The minimum Gasteiger partial charge on any atom is -0.206 e. The third-order valence-electron chi connectivity index (χ3n) is 1.91. The first-order valence-corrected chi connectivity index (χ1v) is 3.86. The summed E-state index contributed by atoms with van der Waals surface area (Å²) in [7, 11) is 0. The number of hydrogen-bond donors (Lipinski definition) is 0. The Bertz CT molecular complexity index is 378. The molecule has 0 unspecified atom stereocenters. The van der Waals surface area contributed by atoms with Crippen LogP contribution in [0.5, 0.6) is 0 Å². The number of benzene rings is 1. The van der Waals surface area contributed by atoms with Crippen molar-refractivity contribution < 1.29 is 17.6 Å². The van der Waals surface area contributed by atoms with Gasteiger partial charge in [0.1, 0.15) is 5.82 Å². The third kappa shape index (κ3) is 1.41. The van der Waals surface area contributed by atoms with Gasteiger partial charge >= 0.3 is 0 Å². The minimum absolute atomic E-state index is 0.0157. The van der Waals surface area contributed by atoms with Gasteiger partial charge in [0.2, 0.25) is 0 Å². The lowest BCUT2D eigenvalue weighted by Gasteiger charge is -2.08. The van der Waals surface area contributed by atoms with Crippen LogP contribution in [-0.2, 0) is 0 Å². The molecule has 1 aromatic carbocycles. The molecule has 4 heteroatoms. The van der Waals surface area contributed by atoms with Gasteiger partial charge in [0.05, 0.1) is 5.56 Å². The Morgan fingerprint density at radius 3 is 1.86 bits per heavy atom. The molecule has 0 atom stereocenters. The summed E-state index contributed by atoms with van der Waals surface area (Å²) in [5.41, 5.74) is -1.12. The highest BCUT2D eigenvalue weighted by Gasteiger charge is 2.22. The molecule has 0 aliphatic heterocycles. The molecule has 0 saturated heterocycles. The Morgan fingerprint density at radius 2 is 1.43 bits per heavy atom. The average Bonchev–Trinajstić information content (AvgIpc) is 2.11. The maximum Gasteiger partial charge on any atom is 0.195 e. The van der Waals surface area contributed by atoms with Crippen molar-refractivity contribution in [3.63, 3.8) is 0 Å². The van der Waals surface area contributed by atoms with Gasteiger partial charge in [-0.1, -0.05) is 6.58 Å². The molecule has 0 nitrogen and oxygen atoms in total. The fourth-order valence-electron chi connectivity index (χ4n) is 1.13. The molecule has 1 rings (SSSR count). The number of rotatable bonds is 1. The van der Waals surface area contributed by atoms with E-state index in [1.165, 1.54) is 6.92 Å². The zero-order chi connectivity index (χ0) is 11.0. The molecule has 0 aliphatic carbocycles. The zero-order valence-corrected chi connectivity index (χ0v) is 7.72. The lowest BCUT2D eigenvalue weighted by atomic mass is 10.0. The van der Waals surface area contributed by atoms with Crippen molar-refractivity contribution in [2.45, 2.75) is 13.8 Å². The van der Waals surface area contributed by atoms with Gasteiger partial charge in [0, 0.05) is 5.56 Å². The first-order valence-electron chi connectivity index (χ1n) is 3.86. The topological polar surface area (TPSA) is 0 Å². The number of allylic oxidation sites excluding steroid dienone is 1. The van der Waals surface area contributed by atoms with Crippen molar-refractivity contribution in [3.8, 4) is 0 Å². The molecule has 1 aromatic rings. The van der Waals surface area contributed by atoms with Crippen molar-refractivity contribution in [2.75, 3.05) is 0 Å². The molecule has 76 valence electrons. The average molecular weight is 204 g/mol. The Morgan fingerprint density at radius 1 is 0.929 bits per heavy atom. The summed E-state index contributed by atoms with van der Waals surface area (Å²) >= 11 is 0. The molecule has 0 heterocycles. The third-order valence-corrected chi connectivity index (χ3v) is 1.91. The van der Waals surface area contributed by atoms with E-state index in [0.29, 0.717) is 0 Å². The van der Waals surface area contributed by atoms with Crippen molar-refractivity contribution in [3.05, 3.63) is 41.0 Å². The minimum atomic E-state index is -1.66. The molecule has 14 heavy (non-hydrogen) atoms. The molecule has 0 spiro atoms. The van der Waals surface area contributed by atoms with E-state index in [9.17, 15) is 17.6 Å². The van der Waals surface area contributed by atoms with E-state index >= 15 is 0 Å². The first-order chi connectivity index (χ1) is 6.37. The molecule has 0 bridgehead atoms. The molecule has 0 radical (unpaired) electrons. The van der Waals surface area contributed by atoms with Gasteiger partial charge in [0.15, 0.2) is 17.5 Å². The van der Waals surface area contributed by atoms with Crippen LogP contribution in [0.25, 0.3) is 5.57 Å². The van der Waals surface area contributed by atoms with E-state index in [4.69, 9.17) is 0 Å². The lowest BCUT2D eigenvalue weighted by molar-refractivity contribution is 0.426. The fraction of sp³-hybridized carbons (Fsp3) is 0.200. The molecule has 0 N–H and O–H groups in total. The van der Waals surface area contributed by atoms with E-state index in [2.05, 4.69) is 6.58 Å². The van der Waals surface area contributed by atoms with Crippen LogP contribution in [0.4, 0.5) is 17.6 Å². The summed E-state index contributed by atoms with van der Waals surface area (Å²) in [5, 5.41) is 0. The Labute approximate surface area is 78.9 Å². The van der Waals surface area contributed by atoms with Gasteiger partial charge in [-0.2, -0.15) is 0 Å². The van der Waals surface area contributed by atoms with E-state index in [1.54, 1.807) is 0 Å². The lowest BCUT2D eigenvalue weighted by Crippen LogP contribution is -2.04. The molecular weight excluding hydrogens is 196 g/mol. The van der Waals surface area contributed by atoms with Gasteiger partial charge in [-0.05, 0) is 19.4 Å². The molecule has 0 saturated carbocycles. The Hall–Kier alpha value is -1.32. The largest absolute Gasteiger partial charge is 0.206 e. The summed E-state index contributed by atoms with van der Waals surface area (Å²) in [6.07, 6.45) is 0. The number of halogens is 4. The second-order valence-corrected chi connectivity index (χ2v) is 3.04. The maximum absolute atomic E-state index is 13.2. The Kier molecular flexibility index (Phi) is 2.64. The van der Waals surface area contributed by atoms with Crippen LogP contribution < -0.4 is 0 Å². The quantitative estimate of drug-likeness (QED) is 0.372. The maximum atomic E-state index is 13.2. The molecule has 0 amide bonds. The highest BCUT2D eigenvalue weighted by atomic mass is 19.2. The summed E-state index contributed by atoms with van der Waals surface area (Å²) in [6.45, 7) is 5.65. The van der Waals surface area contributed by atoms with Crippen molar-refractivity contribution >= 4 is 5.57 Å². The van der Waals surface area contributed by atoms with Gasteiger partial charge in [-0.3, -0.25) is 0 Å². The van der Waals surface area contributed by atoms with Crippen molar-refractivity contribution in [1.29, 1.82) is 0 Å². The second kappa shape index (κ2) is 3.44. The van der Waals surface area contributed by atoms with Crippen LogP contribution in [0, 0.1) is 30.2 Å². The highest BCUT2D eigenvalue weighted by Crippen LogP contribution is 2.27. The van der Waals surface area contributed by atoms with Crippen LogP contribution in [0.1, 0.15) is 18.1 Å². The van der Waals surface area contributed by atoms with Crippen LogP contribution in [0.3, 0.4) is 0 Å². The summed E-state index contributed by atoms with van der Waals surface area (Å²) in [4.78, 5) is 0. The van der Waals surface area contributed by atoms with Crippen LogP contribution in [0.15, 0.2) is 6.58 Å². The predicted molar refractivity (Wildman–Crippen MR) is 45.7 cm³/mol. The first kappa shape index (κ1) is 10.8. The standard InChI is InChI=1S/C10H8F4/c1-4(2)6-7(11)5(3)8(12)10(14)9(6)13/h1H2,2-3H3. The monoisotopic (exact) mass is 204 g/mol. The SMILES string of the molecule is C=C(C)c1c(F)c(C)c(F)c(F)c1F. The number of hydrogen-bond acceptors (Lipinski definition) is 0. The van der Waals surface area contributed by atoms with Crippen LogP contribution in [-0.4, -0.2) is 0 Å². The van der Waals surface area contributed by atoms with Gasteiger partial charge in [-0.25, -0.2) is 17.6 Å². The molecule has 0 aromatic heterocycles. The van der Waals surface area contributed by atoms with Crippen LogP contribution in [0.2, 0.25) is 0 Å². The smallest absolute Gasteiger partial charge is 0.195 e. The molecular formula is C10H8F4. The fourth-order valence-corrected chi connectivity index (χ4v) is 1.13. The summed E-state index contributed by atoms with van der Waals surface area (Å²) in [6, 6.07) is 0. The van der Waals surface area contributed by atoms with E-state index in [-0.39, 0.29) is 5.57 Å². The highest BCUT2D eigenvalue weighted by molar-refractivity contribution is 5.63. The molecule has 0 fully saturated rings. The van der Waals surface area contributed by atoms with E-state index in [0.717, 1.165) is 6.92 Å². The summed E-state index contributed by atoms with van der Waals surface area (Å²) < 4.78 is 51.9. The molecule has 0 aliphatic rings. The van der Waals surface area contributed by atoms with E-state index in [1.807, 2.05) is 0 Å². The van der Waals surface area contributed by atoms with Crippen molar-refractivity contribution in [2.24, 2.45) is 0 Å². The Balaban J connectivity index is 3.68. The van der Waals surface area contributed by atoms with Crippen LogP contribution >= 0.6 is 0 Å². The predicted octanol–water partition coefficient (Wildman–Crippen LogP) is 3.58. The normalized spacial score (nSPS) is 10.4. The van der Waals surface area contributed by atoms with Crippen molar-refractivity contribution in [1.82, 2.24) is 0 Å². The van der Waals surface area contributed by atoms with Gasteiger partial charge < -0.3 is 0 Å². The van der Waals surface area contributed by atoms with Gasteiger partial charge in [-0.15, -0.1) is 0 Å². The second-order valence-electron chi connectivity index (χ2n) is 3.04. The summed E-state index contributed by atoms with van der Waals surface area (Å²) in [5.74, 6) is -5.79.